The van der Waals surface area contributed by atoms with E-state index in [0.29, 0.717) is 9.27 Å². The van der Waals surface area contributed by atoms with Gasteiger partial charge in [-0.25, -0.2) is 0 Å². The van der Waals surface area contributed by atoms with Gasteiger partial charge < -0.3 is 0 Å². The topological polar surface area (TPSA) is 71.5 Å². The van der Waals surface area contributed by atoms with Crippen LogP contribution in [-0.4, -0.2) is 50.5 Å². The summed E-state index contributed by atoms with van der Waals surface area (Å²) >= 11 is -0.780. The van der Waals surface area contributed by atoms with Crippen molar-refractivity contribution in [3.05, 3.63) is 161 Å². The number of hydrogen-bond acceptors (Lipinski definition) is 4. The molecule has 206 valence electrons. The summed E-state index contributed by atoms with van der Waals surface area (Å²) in [7, 11) is -9.15. The summed E-state index contributed by atoms with van der Waals surface area (Å²) in [5.41, 5.74) is 0.683. The molecule has 0 heterocycles. The van der Waals surface area contributed by atoms with Crippen molar-refractivity contribution in [3.8, 4) is 0 Å². The summed E-state index contributed by atoms with van der Waals surface area (Å²) < 4.78 is 61.5. The van der Waals surface area contributed by atoms with Crippen molar-refractivity contribution in [2.75, 3.05) is 0 Å². The summed E-state index contributed by atoms with van der Waals surface area (Å²) in [6, 6.07) is 44.0. The van der Waals surface area contributed by atoms with Crippen LogP contribution in [0.1, 0.15) is 5.56 Å². The first-order chi connectivity index (χ1) is 19.9. The van der Waals surface area contributed by atoms with Crippen LogP contribution in [0.2, 0.25) is 0 Å². The molecule has 0 aliphatic rings. The van der Waals surface area contributed by atoms with Gasteiger partial charge in [0.2, 0.25) is 0 Å². The fourth-order valence-electron chi connectivity index (χ4n) is 3.95. The molecule has 0 unspecified atom stereocenters. The second-order valence-electron chi connectivity index (χ2n) is 8.67. The van der Waals surface area contributed by atoms with Crippen LogP contribution in [0.4, 0.5) is 0 Å². The summed E-state index contributed by atoms with van der Waals surface area (Å²) in [4.78, 5) is -0.210. The molecule has 0 spiro atoms. The maximum atomic E-state index is 14.5. The van der Waals surface area contributed by atoms with Crippen LogP contribution in [0, 0.1) is 0 Å². The first kappa shape index (κ1) is 29.1. The van der Waals surface area contributed by atoms with E-state index in [1.807, 2.05) is 66.7 Å². The van der Waals surface area contributed by atoms with Crippen molar-refractivity contribution in [1.82, 2.24) is 3.71 Å². The van der Waals surface area contributed by atoms with E-state index in [1.54, 1.807) is 60.7 Å². The Kier molecular flexibility index (Phi) is 9.25. The molecule has 0 amide bonds. The van der Waals surface area contributed by atoms with Crippen molar-refractivity contribution in [2.24, 2.45) is 0 Å². The molecular formula is C32H25NO4S2Se2. The Morgan fingerprint density at radius 2 is 0.756 bits per heavy atom. The van der Waals surface area contributed by atoms with Gasteiger partial charge in [-0.2, -0.15) is 0 Å². The molecule has 0 radical (unpaired) electrons. The summed E-state index contributed by atoms with van der Waals surface area (Å²) in [5.74, 6) is 0. The van der Waals surface area contributed by atoms with Crippen molar-refractivity contribution in [2.45, 2.75) is 9.79 Å². The first-order valence-corrected chi connectivity index (χ1v) is 18.8. The van der Waals surface area contributed by atoms with Crippen LogP contribution in [0.5, 0.6) is 0 Å². The number of hydrogen-bond donors (Lipinski definition) is 0. The molecule has 5 aromatic rings. The van der Waals surface area contributed by atoms with Crippen molar-refractivity contribution in [3.63, 3.8) is 0 Å². The van der Waals surface area contributed by atoms with Gasteiger partial charge in [0, 0.05) is 0 Å². The van der Waals surface area contributed by atoms with Crippen LogP contribution in [0.15, 0.2) is 165 Å². The van der Waals surface area contributed by atoms with E-state index in [-0.39, 0.29) is 45.4 Å². The zero-order valence-electron chi connectivity index (χ0n) is 21.6. The third-order valence-electron chi connectivity index (χ3n) is 5.85. The molecule has 0 fully saturated rings. The van der Waals surface area contributed by atoms with Gasteiger partial charge in [-0.05, 0) is 0 Å². The van der Waals surface area contributed by atoms with Gasteiger partial charge >= 0.3 is 256 Å². The number of benzene rings is 5. The Hall–Kier alpha value is -3.42. The van der Waals surface area contributed by atoms with Crippen molar-refractivity contribution < 1.29 is 16.8 Å². The summed E-state index contributed by atoms with van der Waals surface area (Å²) in [5, 5.41) is 0. The monoisotopic (exact) mass is 711 g/mol. The standard InChI is InChI=1S/C32H25NO4S2Se2/c34-38(35,27-18-8-2-9-19-27)33(39(36,37)28-20-10-3-11-21-28)31(26-16-6-1-7-17-26)32(40-29-22-12-4-13-23-29)41-30-24-14-5-15-25-30/h1-25H. The second-order valence-corrected chi connectivity index (χ2v) is 18.3. The van der Waals surface area contributed by atoms with Gasteiger partial charge in [0.15, 0.2) is 0 Å². The summed E-state index contributed by atoms with van der Waals surface area (Å²) in [6.45, 7) is 0. The molecule has 9 heteroatoms. The van der Waals surface area contributed by atoms with E-state index in [1.165, 1.54) is 24.3 Å². The van der Waals surface area contributed by atoms with E-state index < -0.39 is 20.0 Å². The van der Waals surface area contributed by atoms with Crippen molar-refractivity contribution in [1.29, 1.82) is 0 Å². The normalized spacial score (nSPS) is 11.5. The van der Waals surface area contributed by atoms with Crippen LogP contribution in [-0.2, 0) is 20.0 Å². The van der Waals surface area contributed by atoms with Gasteiger partial charge in [0.1, 0.15) is 0 Å². The molecule has 0 aliphatic heterocycles. The van der Waals surface area contributed by atoms with Gasteiger partial charge in [0.25, 0.3) is 0 Å². The van der Waals surface area contributed by atoms with E-state index in [0.717, 1.165) is 12.3 Å². The fraction of sp³-hybridized carbons (Fsp3) is 0. The van der Waals surface area contributed by atoms with E-state index in [2.05, 4.69) is 0 Å². The van der Waals surface area contributed by atoms with Gasteiger partial charge in [0.05, 0.1) is 0 Å². The zero-order chi connectivity index (χ0) is 28.7. The molecule has 0 aromatic heterocycles. The Balaban J connectivity index is 1.87. The quantitative estimate of drug-likeness (QED) is 0.201. The SMILES string of the molecule is O=S(=O)(c1ccccc1)N(C(=C([Se]c1ccccc1)[Se]c1ccccc1)c1ccccc1)S(=O)(=O)c1ccccc1. The van der Waals surface area contributed by atoms with Gasteiger partial charge in [-0.15, -0.1) is 0 Å². The number of sulfonamides is 2. The molecule has 5 aromatic carbocycles. The van der Waals surface area contributed by atoms with Crippen LogP contribution < -0.4 is 8.92 Å². The molecule has 0 bridgehead atoms. The van der Waals surface area contributed by atoms with Gasteiger partial charge in [-0.3, -0.25) is 0 Å². The minimum absolute atomic E-state index is 0.105. The molecule has 41 heavy (non-hydrogen) atoms. The van der Waals surface area contributed by atoms with Crippen molar-refractivity contribution >= 4 is 64.6 Å². The Morgan fingerprint density at radius 1 is 0.439 bits per heavy atom. The fourth-order valence-corrected chi connectivity index (χ4v) is 14.3. The van der Waals surface area contributed by atoms with E-state index in [4.69, 9.17) is 0 Å². The third-order valence-corrected chi connectivity index (χ3v) is 15.5. The molecule has 5 rings (SSSR count). The summed E-state index contributed by atoms with van der Waals surface area (Å²) in [6.07, 6.45) is 0. The van der Waals surface area contributed by atoms with Crippen LogP contribution in [0.3, 0.4) is 0 Å². The Bertz CT molecular complexity index is 1720. The molecule has 0 aliphatic carbocycles. The molecule has 0 saturated carbocycles. The molecule has 5 nitrogen and oxygen atoms in total. The maximum absolute atomic E-state index is 14.5. The number of nitrogens with zero attached hydrogens (tertiary/aromatic N) is 1. The Labute approximate surface area is 254 Å². The molecule has 0 saturated heterocycles. The van der Waals surface area contributed by atoms with Crippen LogP contribution in [0.25, 0.3) is 5.70 Å². The van der Waals surface area contributed by atoms with Crippen LogP contribution >= 0.6 is 0 Å². The average Bonchev–Trinajstić information content (AvgIpc) is 3.01. The molecule has 0 atom stereocenters. The van der Waals surface area contributed by atoms with E-state index in [9.17, 15) is 16.8 Å². The predicted octanol–water partition coefficient (Wildman–Crippen LogP) is 4.45. The molecular weight excluding hydrogens is 684 g/mol. The van der Waals surface area contributed by atoms with E-state index >= 15 is 0 Å². The third kappa shape index (κ3) is 6.74. The number of rotatable bonds is 10. The minimum atomic E-state index is -4.58. The van der Waals surface area contributed by atoms with Gasteiger partial charge in [-0.1, -0.05) is 0 Å². The molecule has 0 N–H and O–H groups in total. The first-order valence-electron chi connectivity index (χ1n) is 12.5. The second kappa shape index (κ2) is 13.0. The zero-order valence-corrected chi connectivity index (χ0v) is 26.7. The predicted molar refractivity (Wildman–Crippen MR) is 166 cm³/mol. The Morgan fingerprint density at radius 3 is 1.12 bits per heavy atom. The average molecular weight is 710 g/mol.